The van der Waals surface area contributed by atoms with Gasteiger partial charge in [0.1, 0.15) is 5.69 Å². The monoisotopic (exact) mass is 274 g/mol. The van der Waals surface area contributed by atoms with Crippen LogP contribution in [0.15, 0.2) is 18.3 Å². The first-order chi connectivity index (χ1) is 9.28. The van der Waals surface area contributed by atoms with Gasteiger partial charge in [0.2, 0.25) is 0 Å². The molecule has 0 amide bonds. The Morgan fingerprint density at radius 3 is 2.74 bits per heavy atom. The molecule has 0 aromatic carbocycles. The molecule has 0 N–H and O–H groups in total. The Morgan fingerprint density at radius 2 is 2.11 bits per heavy atom. The van der Waals surface area contributed by atoms with Crippen molar-refractivity contribution in [3.05, 3.63) is 28.8 Å². The van der Waals surface area contributed by atoms with E-state index in [0.29, 0.717) is 11.6 Å². The zero-order valence-electron chi connectivity index (χ0n) is 11.1. The molecule has 0 radical (unpaired) electrons. The molecule has 1 aliphatic carbocycles. The summed E-state index contributed by atoms with van der Waals surface area (Å²) in [5, 5.41) is 4.68. The number of hydrogen-bond acceptors (Lipinski definition) is 3. The molecular weight excluding hydrogens is 256 g/mol. The lowest BCUT2D eigenvalue weighted by Gasteiger charge is -2.21. The van der Waals surface area contributed by atoms with E-state index in [0.717, 1.165) is 16.9 Å². The lowest BCUT2D eigenvalue weighted by atomic mass is 9.96. The molecule has 2 aromatic heterocycles. The number of rotatable bonds is 3. The average molecular weight is 274 g/mol. The van der Waals surface area contributed by atoms with Crippen LogP contribution in [0.2, 0.25) is 0 Å². The fraction of sp³-hybridized carbons (Fsp3) is 0.467. The topological polar surface area (TPSA) is 34.9 Å². The van der Waals surface area contributed by atoms with E-state index in [1.165, 1.54) is 37.0 Å². The van der Waals surface area contributed by atoms with Gasteiger partial charge in [-0.1, -0.05) is 19.3 Å². The molecule has 3 rings (SSSR count). The summed E-state index contributed by atoms with van der Waals surface area (Å²) in [6.07, 6.45) is 9.09. The molecule has 0 saturated heterocycles. The second-order valence-electron chi connectivity index (χ2n) is 5.23. The van der Waals surface area contributed by atoms with Crippen molar-refractivity contribution in [1.29, 1.82) is 0 Å². The molecule has 100 valence electrons. The Balaban J connectivity index is 1.95. The molecule has 0 bridgehead atoms. The summed E-state index contributed by atoms with van der Waals surface area (Å²) in [7, 11) is 0. The highest BCUT2D eigenvalue weighted by Crippen LogP contribution is 2.32. The molecule has 0 aliphatic heterocycles. The highest BCUT2D eigenvalue weighted by atomic mass is 32.1. The molecule has 3 nitrogen and oxygen atoms in total. The summed E-state index contributed by atoms with van der Waals surface area (Å²) < 4.78 is 2.02. The van der Waals surface area contributed by atoms with Gasteiger partial charge in [0.15, 0.2) is 6.29 Å². The minimum Gasteiger partial charge on any atom is -0.298 e. The number of aryl methyl sites for hydroxylation is 1. The van der Waals surface area contributed by atoms with Gasteiger partial charge in [-0.15, -0.1) is 11.3 Å². The number of nitrogens with zero attached hydrogens (tertiary/aromatic N) is 2. The maximum absolute atomic E-state index is 11.3. The van der Waals surface area contributed by atoms with Crippen LogP contribution < -0.4 is 0 Å². The van der Waals surface area contributed by atoms with Gasteiger partial charge in [0, 0.05) is 11.1 Å². The Bertz CT molecular complexity index is 579. The van der Waals surface area contributed by atoms with E-state index >= 15 is 0 Å². The normalized spacial score (nSPS) is 16.7. The maximum Gasteiger partial charge on any atom is 0.153 e. The van der Waals surface area contributed by atoms with Crippen molar-refractivity contribution in [1.82, 2.24) is 9.78 Å². The summed E-state index contributed by atoms with van der Waals surface area (Å²) in [6.45, 7) is 2.08. The van der Waals surface area contributed by atoms with Crippen LogP contribution >= 0.6 is 11.3 Å². The Morgan fingerprint density at radius 1 is 1.32 bits per heavy atom. The van der Waals surface area contributed by atoms with Gasteiger partial charge in [0.25, 0.3) is 0 Å². The summed E-state index contributed by atoms with van der Waals surface area (Å²) >= 11 is 1.70. The smallest absolute Gasteiger partial charge is 0.153 e. The molecule has 0 atom stereocenters. The average Bonchev–Trinajstić information content (AvgIpc) is 3.05. The first-order valence-corrected chi connectivity index (χ1v) is 7.70. The van der Waals surface area contributed by atoms with Crippen LogP contribution in [-0.4, -0.2) is 16.1 Å². The molecule has 19 heavy (non-hydrogen) atoms. The summed E-state index contributed by atoms with van der Waals surface area (Å²) in [5.74, 6) is 0. The third-order valence-corrected chi connectivity index (χ3v) is 4.82. The van der Waals surface area contributed by atoms with Crippen molar-refractivity contribution in [3.8, 4) is 10.6 Å². The highest BCUT2D eigenvalue weighted by molar-refractivity contribution is 7.15. The summed E-state index contributed by atoms with van der Waals surface area (Å²) in [5.41, 5.74) is 1.56. The second kappa shape index (κ2) is 5.29. The summed E-state index contributed by atoms with van der Waals surface area (Å²) in [6, 6.07) is 4.61. The maximum atomic E-state index is 11.3. The largest absolute Gasteiger partial charge is 0.298 e. The lowest BCUT2D eigenvalue weighted by molar-refractivity contribution is 0.112. The number of carbonyl (C=O) groups excluding carboxylic acids is 1. The molecule has 1 aliphatic rings. The number of aromatic nitrogens is 2. The van der Waals surface area contributed by atoms with Crippen LogP contribution in [0.1, 0.15) is 53.4 Å². The van der Waals surface area contributed by atoms with Crippen molar-refractivity contribution in [3.63, 3.8) is 0 Å². The van der Waals surface area contributed by atoms with Crippen LogP contribution in [0.5, 0.6) is 0 Å². The van der Waals surface area contributed by atoms with Crippen molar-refractivity contribution in [2.24, 2.45) is 0 Å². The van der Waals surface area contributed by atoms with Crippen molar-refractivity contribution >= 4 is 17.6 Å². The van der Waals surface area contributed by atoms with Crippen LogP contribution in [0.4, 0.5) is 0 Å². The lowest BCUT2D eigenvalue weighted by Crippen LogP contribution is -2.13. The van der Waals surface area contributed by atoms with Crippen LogP contribution in [0.25, 0.3) is 10.6 Å². The third-order valence-electron chi connectivity index (χ3n) is 3.81. The first-order valence-electron chi connectivity index (χ1n) is 6.89. The van der Waals surface area contributed by atoms with E-state index in [2.05, 4.69) is 24.2 Å². The van der Waals surface area contributed by atoms with Crippen molar-refractivity contribution < 1.29 is 4.79 Å². The van der Waals surface area contributed by atoms with E-state index in [9.17, 15) is 4.79 Å². The number of carbonyl (C=O) groups is 1. The van der Waals surface area contributed by atoms with E-state index < -0.39 is 0 Å². The molecule has 0 unspecified atom stereocenters. The van der Waals surface area contributed by atoms with Crippen molar-refractivity contribution in [2.45, 2.75) is 45.1 Å². The highest BCUT2D eigenvalue weighted by Gasteiger charge is 2.19. The minimum absolute atomic E-state index is 0.474. The SMILES string of the molecule is Cc1ccc(-c2nn(C3CCCCC3)cc2C=O)s1. The van der Waals surface area contributed by atoms with Gasteiger partial charge in [0.05, 0.1) is 16.5 Å². The predicted octanol–water partition coefficient (Wildman–Crippen LogP) is 4.24. The number of hydrogen-bond donors (Lipinski definition) is 0. The van der Waals surface area contributed by atoms with Gasteiger partial charge < -0.3 is 0 Å². The van der Waals surface area contributed by atoms with E-state index in [1.807, 2.05) is 10.9 Å². The molecule has 1 saturated carbocycles. The number of aldehydes is 1. The van der Waals surface area contributed by atoms with E-state index in [-0.39, 0.29) is 0 Å². The number of thiophene rings is 1. The fourth-order valence-electron chi connectivity index (χ4n) is 2.78. The van der Waals surface area contributed by atoms with Crippen LogP contribution in [0.3, 0.4) is 0 Å². The zero-order valence-corrected chi connectivity index (χ0v) is 11.9. The quantitative estimate of drug-likeness (QED) is 0.785. The molecule has 0 spiro atoms. The van der Waals surface area contributed by atoms with Crippen LogP contribution in [-0.2, 0) is 0 Å². The summed E-state index contributed by atoms with van der Waals surface area (Å²) in [4.78, 5) is 13.6. The van der Waals surface area contributed by atoms with Gasteiger partial charge in [-0.25, -0.2) is 0 Å². The van der Waals surface area contributed by atoms with Gasteiger partial charge in [-0.2, -0.15) is 5.10 Å². The molecule has 2 aromatic rings. The predicted molar refractivity (Wildman–Crippen MR) is 77.8 cm³/mol. The first kappa shape index (κ1) is 12.6. The van der Waals surface area contributed by atoms with Gasteiger partial charge in [-0.05, 0) is 31.9 Å². The van der Waals surface area contributed by atoms with Gasteiger partial charge in [-0.3, -0.25) is 9.48 Å². The van der Waals surface area contributed by atoms with Crippen molar-refractivity contribution in [2.75, 3.05) is 0 Å². The van der Waals surface area contributed by atoms with Crippen LogP contribution in [0, 0.1) is 6.92 Å². The molecule has 2 heterocycles. The third kappa shape index (κ3) is 2.50. The standard InChI is InChI=1S/C15H18N2OS/c1-11-7-8-14(19-11)15-12(10-18)9-17(16-15)13-5-3-2-4-6-13/h7-10,13H,2-6H2,1H3. The van der Waals surface area contributed by atoms with Gasteiger partial charge >= 0.3 is 0 Å². The van der Waals surface area contributed by atoms with E-state index in [1.54, 1.807) is 11.3 Å². The molecule has 4 heteroatoms. The van der Waals surface area contributed by atoms with E-state index in [4.69, 9.17) is 0 Å². The Labute approximate surface area is 117 Å². The second-order valence-corrected chi connectivity index (χ2v) is 6.52. The Kier molecular flexibility index (Phi) is 3.51. The Hall–Kier alpha value is -1.42. The fourth-order valence-corrected chi connectivity index (χ4v) is 3.65. The zero-order chi connectivity index (χ0) is 13.2. The molecular formula is C15H18N2OS. The minimum atomic E-state index is 0.474. The molecule has 1 fully saturated rings.